The number of hydrogen-bond donors (Lipinski definition) is 2. The molecule has 0 spiro atoms. The topological polar surface area (TPSA) is 91.2 Å². The van der Waals surface area contributed by atoms with Crippen molar-refractivity contribution in [2.24, 2.45) is 0 Å². The van der Waals surface area contributed by atoms with Crippen LogP contribution >= 0.6 is 0 Å². The van der Waals surface area contributed by atoms with Crippen LogP contribution in [-0.4, -0.2) is 34.2 Å². The van der Waals surface area contributed by atoms with Crippen molar-refractivity contribution in [3.63, 3.8) is 0 Å². The second kappa shape index (κ2) is 6.02. The molecule has 0 aliphatic heterocycles. The molecule has 0 bridgehead atoms. The van der Waals surface area contributed by atoms with Gasteiger partial charge in [0.15, 0.2) is 0 Å². The summed E-state index contributed by atoms with van der Waals surface area (Å²) in [5.41, 5.74) is -1.07. The van der Waals surface area contributed by atoms with Crippen molar-refractivity contribution in [2.75, 3.05) is 20.3 Å². The van der Waals surface area contributed by atoms with Gasteiger partial charge in [0.1, 0.15) is 5.54 Å². The fraction of sp³-hybridized carbons (Fsp3) is 0.875. The maximum atomic E-state index is 11.4. The van der Waals surface area contributed by atoms with Crippen LogP contribution in [0.3, 0.4) is 0 Å². The number of rotatable bonds is 7. The van der Waals surface area contributed by atoms with E-state index < -0.39 is 15.7 Å². The fourth-order valence-corrected chi connectivity index (χ4v) is 1.99. The number of nitrogens with zero attached hydrogens (tertiary/aromatic N) is 1. The molecule has 1 atom stereocenters. The lowest BCUT2D eigenvalue weighted by molar-refractivity contribution is 0.204. The third-order valence-electron chi connectivity index (χ3n) is 1.91. The van der Waals surface area contributed by atoms with Gasteiger partial charge in [-0.2, -0.15) is 23.1 Å². The zero-order valence-electron chi connectivity index (χ0n) is 9.20. The molecule has 0 heterocycles. The van der Waals surface area contributed by atoms with Crippen LogP contribution in [0.4, 0.5) is 0 Å². The molecule has 7 heteroatoms. The Bertz CT molecular complexity index is 323. The molecule has 0 amide bonds. The number of hydrogen-bond acceptors (Lipinski definition) is 4. The fourth-order valence-electron chi connectivity index (χ4n) is 0.785. The zero-order chi connectivity index (χ0) is 11.9. The predicted octanol–water partition coefficient (Wildman–Crippen LogP) is -0.251. The minimum Gasteiger partial charge on any atom is -0.383 e. The summed E-state index contributed by atoms with van der Waals surface area (Å²) in [6, 6.07) is 1.91. The first-order chi connectivity index (χ1) is 6.89. The number of nitrogens with one attached hydrogen (secondary N) is 2. The minimum absolute atomic E-state index is 0.178. The number of ether oxygens (including phenoxy) is 1. The number of nitriles is 1. The van der Waals surface area contributed by atoms with Crippen LogP contribution < -0.4 is 9.44 Å². The van der Waals surface area contributed by atoms with Crippen LogP contribution in [0.1, 0.15) is 20.3 Å². The standard InChI is InChI=1S/C8H17N3O3S/c1-4-8(2,7-9)11-15(12,13)10-5-6-14-3/h10-11H,4-6H2,1-3H3. The lowest BCUT2D eigenvalue weighted by Gasteiger charge is -2.21. The Balaban J connectivity index is 4.32. The molecular formula is C8H17N3O3S. The SMILES string of the molecule is CCC(C)(C#N)NS(=O)(=O)NCCOC. The highest BCUT2D eigenvalue weighted by Gasteiger charge is 2.27. The Morgan fingerprint density at radius 2 is 2.13 bits per heavy atom. The van der Waals surface area contributed by atoms with Gasteiger partial charge in [-0.3, -0.25) is 0 Å². The Morgan fingerprint density at radius 3 is 2.53 bits per heavy atom. The largest absolute Gasteiger partial charge is 0.383 e. The summed E-state index contributed by atoms with van der Waals surface area (Å²) >= 11 is 0. The summed E-state index contributed by atoms with van der Waals surface area (Å²) in [5, 5.41) is 8.79. The van der Waals surface area contributed by atoms with Crippen LogP contribution in [0.5, 0.6) is 0 Å². The molecule has 0 aliphatic rings. The lowest BCUT2D eigenvalue weighted by Crippen LogP contribution is -2.49. The van der Waals surface area contributed by atoms with E-state index in [4.69, 9.17) is 10.00 Å². The zero-order valence-corrected chi connectivity index (χ0v) is 10.0. The highest BCUT2D eigenvalue weighted by molar-refractivity contribution is 7.87. The van der Waals surface area contributed by atoms with Gasteiger partial charge in [-0.25, -0.2) is 0 Å². The molecule has 0 saturated heterocycles. The predicted molar refractivity (Wildman–Crippen MR) is 56.2 cm³/mol. The average molecular weight is 235 g/mol. The van der Waals surface area contributed by atoms with Gasteiger partial charge in [-0.1, -0.05) is 6.92 Å². The van der Waals surface area contributed by atoms with E-state index in [9.17, 15) is 8.42 Å². The summed E-state index contributed by atoms with van der Waals surface area (Å²) in [7, 11) is -2.16. The van der Waals surface area contributed by atoms with Gasteiger partial charge in [0.25, 0.3) is 10.2 Å². The molecular weight excluding hydrogens is 218 g/mol. The Labute approximate surface area is 90.8 Å². The van der Waals surface area contributed by atoms with Crippen molar-refractivity contribution in [1.29, 1.82) is 5.26 Å². The molecule has 0 aromatic rings. The molecule has 0 aromatic carbocycles. The van der Waals surface area contributed by atoms with E-state index in [1.54, 1.807) is 6.92 Å². The number of methoxy groups -OCH3 is 1. The van der Waals surface area contributed by atoms with E-state index in [-0.39, 0.29) is 13.2 Å². The Morgan fingerprint density at radius 1 is 1.53 bits per heavy atom. The van der Waals surface area contributed by atoms with Crippen LogP contribution in [0.2, 0.25) is 0 Å². The molecule has 88 valence electrons. The molecule has 6 nitrogen and oxygen atoms in total. The first kappa shape index (κ1) is 14.3. The second-order valence-electron chi connectivity index (χ2n) is 3.29. The minimum atomic E-state index is -3.64. The van der Waals surface area contributed by atoms with E-state index in [1.807, 2.05) is 6.07 Å². The van der Waals surface area contributed by atoms with Gasteiger partial charge in [0.2, 0.25) is 0 Å². The van der Waals surface area contributed by atoms with E-state index in [1.165, 1.54) is 14.0 Å². The van der Waals surface area contributed by atoms with Gasteiger partial charge < -0.3 is 4.74 Å². The van der Waals surface area contributed by atoms with Crippen LogP contribution in [0.15, 0.2) is 0 Å². The van der Waals surface area contributed by atoms with E-state index in [2.05, 4.69) is 9.44 Å². The summed E-state index contributed by atoms with van der Waals surface area (Å²) < 4.78 is 32.1. The maximum Gasteiger partial charge on any atom is 0.278 e. The summed E-state index contributed by atoms with van der Waals surface area (Å²) in [5.74, 6) is 0. The van der Waals surface area contributed by atoms with Gasteiger partial charge in [0, 0.05) is 13.7 Å². The smallest absolute Gasteiger partial charge is 0.278 e. The molecule has 2 N–H and O–H groups in total. The third kappa shape index (κ3) is 5.69. The normalized spacial score (nSPS) is 15.6. The average Bonchev–Trinajstić information content (AvgIpc) is 2.17. The van der Waals surface area contributed by atoms with Gasteiger partial charge in [-0.15, -0.1) is 0 Å². The summed E-state index contributed by atoms with van der Waals surface area (Å²) in [4.78, 5) is 0. The first-order valence-electron chi connectivity index (χ1n) is 4.58. The van der Waals surface area contributed by atoms with E-state index in [0.717, 1.165) is 0 Å². The Hall–Kier alpha value is -0.680. The van der Waals surface area contributed by atoms with Crippen molar-refractivity contribution in [3.05, 3.63) is 0 Å². The highest BCUT2D eigenvalue weighted by Crippen LogP contribution is 2.07. The molecule has 0 radical (unpaired) electrons. The van der Waals surface area contributed by atoms with Gasteiger partial charge >= 0.3 is 0 Å². The summed E-state index contributed by atoms with van der Waals surface area (Å²) in [6.07, 6.45) is 0.398. The summed E-state index contributed by atoms with van der Waals surface area (Å²) in [6.45, 7) is 3.73. The second-order valence-corrected chi connectivity index (χ2v) is 4.79. The third-order valence-corrected chi connectivity index (χ3v) is 3.22. The van der Waals surface area contributed by atoms with Crippen molar-refractivity contribution in [3.8, 4) is 6.07 Å². The van der Waals surface area contributed by atoms with E-state index in [0.29, 0.717) is 6.42 Å². The van der Waals surface area contributed by atoms with Crippen molar-refractivity contribution >= 4 is 10.2 Å². The quantitative estimate of drug-likeness (QED) is 0.595. The van der Waals surface area contributed by atoms with Crippen LogP contribution in [-0.2, 0) is 14.9 Å². The molecule has 0 saturated carbocycles. The maximum absolute atomic E-state index is 11.4. The van der Waals surface area contributed by atoms with E-state index >= 15 is 0 Å². The van der Waals surface area contributed by atoms with Crippen molar-refractivity contribution < 1.29 is 13.2 Å². The molecule has 1 unspecified atom stereocenters. The molecule has 0 rings (SSSR count). The monoisotopic (exact) mass is 235 g/mol. The first-order valence-corrected chi connectivity index (χ1v) is 6.06. The lowest BCUT2D eigenvalue weighted by atomic mass is 10.0. The van der Waals surface area contributed by atoms with Crippen LogP contribution in [0.25, 0.3) is 0 Å². The Kier molecular flexibility index (Phi) is 5.75. The van der Waals surface area contributed by atoms with Gasteiger partial charge in [-0.05, 0) is 13.3 Å². The van der Waals surface area contributed by atoms with Gasteiger partial charge in [0.05, 0.1) is 12.7 Å². The molecule has 15 heavy (non-hydrogen) atoms. The molecule has 0 aliphatic carbocycles. The van der Waals surface area contributed by atoms with Crippen LogP contribution in [0, 0.1) is 11.3 Å². The molecule has 0 fully saturated rings. The van der Waals surface area contributed by atoms with Crippen molar-refractivity contribution in [1.82, 2.24) is 9.44 Å². The van der Waals surface area contributed by atoms with Crippen molar-refractivity contribution in [2.45, 2.75) is 25.8 Å². The molecule has 0 aromatic heterocycles. The highest BCUT2D eigenvalue weighted by atomic mass is 32.2.